The molecule has 1 aliphatic heterocycles. The lowest BCUT2D eigenvalue weighted by atomic mass is 10.1. The van der Waals surface area contributed by atoms with Crippen molar-refractivity contribution >= 4 is 57.4 Å². The van der Waals surface area contributed by atoms with Gasteiger partial charge < -0.3 is 15.0 Å². The van der Waals surface area contributed by atoms with Crippen LogP contribution in [0.2, 0.25) is 10.0 Å². The second-order valence-electron chi connectivity index (χ2n) is 7.41. The molecule has 0 aliphatic carbocycles. The molecule has 0 radical (unpaired) electrons. The first kappa shape index (κ1) is 22.3. The Morgan fingerprint density at radius 1 is 1.19 bits per heavy atom. The van der Waals surface area contributed by atoms with Gasteiger partial charge in [0.2, 0.25) is 0 Å². The fourth-order valence-electron chi connectivity index (χ4n) is 3.70. The topological polar surface area (TPSA) is 74.8 Å². The van der Waals surface area contributed by atoms with E-state index in [9.17, 15) is 9.59 Å². The Bertz CT molecular complexity index is 1180. The molecule has 166 valence electrons. The van der Waals surface area contributed by atoms with E-state index in [1.807, 2.05) is 6.92 Å². The first-order valence-corrected chi connectivity index (χ1v) is 10.9. The van der Waals surface area contributed by atoms with Crippen molar-refractivity contribution in [3.8, 4) is 0 Å². The van der Waals surface area contributed by atoms with Crippen molar-refractivity contribution in [2.75, 3.05) is 37.0 Å². The minimum atomic E-state index is -0.420. The monoisotopic (exact) mass is 472 g/mol. The molecule has 7 nitrogen and oxygen atoms in total. The third kappa shape index (κ3) is 4.24. The third-order valence-electron chi connectivity index (χ3n) is 5.31. The van der Waals surface area contributed by atoms with Gasteiger partial charge in [0.05, 0.1) is 33.4 Å². The maximum atomic E-state index is 12.8. The van der Waals surface area contributed by atoms with E-state index in [4.69, 9.17) is 27.9 Å². The van der Waals surface area contributed by atoms with E-state index < -0.39 is 5.91 Å². The van der Waals surface area contributed by atoms with Crippen molar-refractivity contribution < 1.29 is 14.3 Å². The quantitative estimate of drug-likeness (QED) is 0.534. The fraction of sp³-hybridized carbons (Fsp3) is 0.261. The second-order valence-corrected chi connectivity index (χ2v) is 8.22. The molecule has 1 aromatic heterocycles. The maximum Gasteiger partial charge on any atom is 0.324 e. The SMILES string of the molecule is CCOCc1cnc2ccc(NC(=O)c3c(Cl)cccc3Cl)cc2c1N1CCN(C)C1=O. The predicted octanol–water partition coefficient (Wildman–Crippen LogP) is 5.20. The first-order valence-electron chi connectivity index (χ1n) is 10.2. The number of carbonyl (C=O) groups excluding carboxylic acids is 2. The standard InChI is InChI=1S/C23H22Cl2N4O3/c1-3-32-13-14-12-26-19-8-7-15(27-22(30)20-17(24)5-4-6-18(20)25)11-16(19)21(14)29-10-9-28(2)23(29)31/h4-8,11-12H,3,9-10,13H2,1-2H3,(H,27,30). The smallest absolute Gasteiger partial charge is 0.324 e. The number of amides is 3. The average Bonchev–Trinajstić information content (AvgIpc) is 3.09. The summed E-state index contributed by atoms with van der Waals surface area (Å²) in [5.74, 6) is -0.420. The molecular formula is C23H22Cl2N4O3. The summed E-state index contributed by atoms with van der Waals surface area (Å²) in [7, 11) is 1.77. The molecule has 2 heterocycles. The molecule has 1 N–H and O–H groups in total. The molecule has 0 unspecified atom stereocenters. The number of urea groups is 1. The molecule has 0 bridgehead atoms. The molecule has 3 aromatic rings. The van der Waals surface area contributed by atoms with E-state index in [1.54, 1.807) is 59.4 Å². The normalized spacial score (nSPS) is 13.8. The predicted molar refractivity (Wildman–Crippen MR) is 127 cm³/mol. The molecule has 0 spiro atoms. The zero-order chi connectivity index (χ0) is 22.8. The van der Waals surface area contributed by atoms with E-state index in [2.05, 4.69) is 10.3 Å². The molecule has 9 heteroatoms. The van der Waals surface area contributed by atoms with Crippen LogP contribution in [0.4, 0.5) is 16.2 Å². The van der Waals surface area contributed by atoms with Crippen LogP contribution in [0.1, 0.15) is 22.8 Å². The second kappa shape index (κ2) is 9.32. The molecule has 2 aromatic carbocycles. The number of hydrogen-bond donors (Lipinski definition) is 1. The van der Waals surface area contributed by atoms with Gasteiger partial charge in [-0.25, -0.2) is 4.79 Å². The molecule has 1 fully saturated rings. The van der Waals surface area contributed by atoms with Crippen LogP contribution in [0, 0.1) is 0 Å². The number of benzene rings is 2. The van der Waals surface area contributed by atoms with Crippen LogP contribution in [0.25, 0.3) is 10.9 Å². The highest BCUT2D eigenvalue weighted by molar-refractivity contribution is 6.40. The lowest BCUT2D eigenvalue weighted by Gasteiger charge is -2.22. The number of carbonyl (C=O) groups is 2. The molecule has 3 amide bonds. The zero-order valence-electron chi connectivity index (χ0n) is 17.7. The van der Waals surface area contributed by atoms with E-state index in [0.29, 0.717) is 37.5 Å². The Morgan fingerprint density at radius 2 is 1.94 bits per heavy atom. The summed E-state index contributed by atoms with van der Waals surface area (Å²) < 4.78 is 5.62. The highest BCUT2D eigenvalue weighted by Gasteiger charge is 2.30. The number of rotatable bonds is 6. The van der Waals surface area contributed by atoms with Crippen LogP contribution in [-0.2, 0) is 11.3 Å². The van der Waals surface area contributed by atoms with Crippen LogP contribution >= 0.6 is 23.2 Å². The number of ether oxygens (including phenoxy) is 1. The first-order chi connectivity index (χ1) is 15.4. The number of aromatic nitrogens is 1. The summed E-state index contributed by atoms with van der Waals surface area (Å²) in [6, 6.07) is 10.2. The average molecular weight is 473 g/mol. The van der Waals surface area contributed by atoms with Crippen LogP contribution in [-0.4, -0.2) is 48.6 Å². The minimum Gasteiger partial charge on any atom is -0.377 e. The number of nitrogens with zero attached hydrogens (tertiary/aromatic N) is 3. The van der Waals surface area contributed by atoms with Gasteiger partial charge in [-0.05, 0) is 37.3 Å². The van der Waals surface area contributed by atoms with E-state index in [0.717, 1.165) is 16.6 Å². The van der Waals surface area contributed by atoms with Crippen molar-refractivity contribution in [3.63, 3.8) is 0 Å². The highest BCUT2D eigenvalue weighted by Crippen LogP contribution is 2.34. The summed E-state index contributed by atoms with van der Waals surface area (Å²) >= 11 is 12.4. The number of halogens is 2. The van der Waals surface area contributed by atoms with Crippen LogP contribution in [0.15, 0.2) is 42.6 Å². The third-order valence-corrected chi connectivity index (χ3v) is 5.94. The van der Waals surface area contributed by atoms with Gasteiger partial charge in [-0.1, -0.05) is 29.3 Å². The summed E-state index contributed by atoms with van der Waals surface area (Å²) in [5, 5.41) is 4.13. The zero-order valence-corrected chi connectivity index (χ0v) is 19.2. The Balaban J connectivity index is 1.77. The van der Waals surface area contributed by atoms with Gasteiger partial charge in [0.1, 0.15) is 0 Å². The summed E-state index contributed by atoms with van der Waals surface area (Å²) in [6.45, 7) is 3.96. The number of nitrogens with one attached hydrogen (secondary N) is 1. The Hall–Kier alpha value is -2.87. The van der Waals surface area contributed by atoms with Crippen molar-refractivity contribution in [3.05, 3.63) is 63.8 Å². The molecule has 32 heavy (non-hydrogen) atoms. The Labute approximate surface area is 195 Å². The molecule has 0 saturated carbocycles. The summed E-state index contributed by atoms with van der Waals surface area (Å²) in [5.41, 5.74) is 2.99. The number of anilines is 2. The molecule has 0 atom stereocenters. The molecular weight excluding hydrogens is 451 g/mol. The number of pyridine rings is 1. The highest BCUT2D eigenvalue weighted by atomic mass is 35.5. The van der Waals surface area contributed by atoms with Gasteiger partial charge in [-0.15, -0.1) is 0 Å². The Kier molecular flexibility index (Phi) is 6.50. The van der Waals surface area contributed by atoms with Gasteiger partial charge >= 0.3 is 6.03 Å². The van der Waals surface area contributed by atoms with E-state index in [1.165, 1.54) is 0 Å². The maximum absolute atomic E-state index is 12.8. The number of fused-ring (bicyclic) bond motifs is 1. The molecule has 1 aliphatic rings. The lowest BCUT2D eigenvalue weighted by molar-refractivity contribution is 0.102. The van der Waals surface area contributed by atoms with Gasteiger partial charge in [0, 0.05) is 49.6 Å². The van der Waals surface area contributed by atoms with E-state index >= 15 is 0 Å². The fourth-order valence-corrected chi connectivity index (χ4v) is 4.27. The van der Waals surface area contributed by atoms with Crippen LogP contribution < -0.4 is 10.2 Å². The van der Waals surface area contributed by atoms with E-state index in [-0.39, 0.29) is 21.6 Å². The van der Waals surface area contributed by atoms with Gasteiger partial charge in [0.15, 0.2) is 0 Å². The lowest BCUT2D eigenvalue weighted by Crippen LogP contribution is -2.30. The largest absolute Gasteiger partial charge is 0.377 e. The van der Waals surface area contributed by atoms with Crippen LogP contribution in [0.3, 0.4) is 0 Å². The Morgan fingerprint density at radius 3 is 2.59 bits per heavy atom. The van der Waals surface area contributed by atoms with Crippen LogP contribution in [0.5, 0.6) is 0 Å². The van der Waals surface area contributed by atoms with Crippen molar-refractivity contribution in [2.45, 2.75) is 13.5 Å². The number of likely N-dealkylation sites (N-methyl/N-ethyl adjacent to an activating group) is 1. The van der Waals surface area contributed by atoms with Crippen molar-refractivity contribution in [2.24, 2.45) is 0 Å². The van der Waals surface area contributed by atoms with Gasteiger partial charge in [0.25, 0.3) is 5.91 Å². The number of hydrogen-bond acceptors (Lipinski definition) is 4. The van der Waals surface area contributed by atoms with Crippen molar-refractivity contribution in [1.29, 1.82) is 0 Å². The molecule has 1 saturated heterocycles. The van der Waals surface area contributed by atoms with Crippen molar-refractivity contribution in [1.82, 2.24) is 9.88 Å². The minimum absolute atomic E-state index is 0.0902. The van der Waals surface area contributed by atoms with Gasteiger partial charge in [-0.2, -0.15) is 0 Å². The summed E-state index contributed by atoms with van der Waals surface area (Å²) in [6.07, 6.45) is 1.74. The molecule has 4 rings (SSSR count). The summed E-state index contributed by atoms with van der Waals surface area (Å²) in [4.78, 5) is 33.6. The van der Waals surface area contributed by atoms with Gasteiger partial charge in [-0.3, -0.25) is 14.7 Å².